The summed E-state index contributed by atoms with van der Waals surface area (Å²) in [6, 6.07) is 4.54. The molecule has 0 radical (unpaired) electrons. The molecule has 2 rings (SSSR count). The Labute approximate surface area is 97.2 Å². The van der Waals surface area contributed by atoms with Gasteiger partial charge >= 0.3 is 0 Å². The quantitative estimate of drug-likeness (QED) is 0.774. The average molecular weight is 220 g/mol. The highest BCUT2D eigenvalue weighted by Gasteiger charge is 2.11. The average Bonchev–Trinajstić information content (AvgIpc) is 2.37. The van der Waals surface area contributed by atoms with E-state index in [0.717, 1.165) is 18.9 Å². The van der Waals surface area contributed by atoms with Crippen LogP contribution in [-0.4, -0.2) is 24.2 Å². The largest absolute Gasteiger partial charge is 0.491 e. The Balaban J connectivity index is 1.58. The van der Waals surface area contributed by atoms with Crippen molar-refractivity contribution < 1.29 is 4.74 Å². The highest BCUT2D eigenvalue weighted by molar-refractivity contribution is 5.15. The standard InChI is InChI=1S/C13H20N2O/c1-2-5-12(6-3-1)15-9-10-16-13-7-4-8-14-11-13/h4,7-8,11-12,15H,1-3,5-6,9-10H2. The molecular weight excluding hydrogens is 200 g/mol. The van der Waals surface area contributed by atoms with Gasteiger partial charge in [0.05, 0.1) is 6.20 Å². The Kier molecular flexibility index (Phi) is 4.62. The fourth-order valence-corrected chi connectivity index (χ4v) is 2.17. The van der Waals surface area contributed by atoms with E-state index in [1.807, 2.05) is 12.1 Å². The lowest BCUT2D eigenvalue weighted by Crippen LogP contribution is -2.34. The van der Waals surface area contributed by atoms with Crippen molar-refractivity contribution in [1.82, 2.24) is 10.3 Å². The number of nitrogens with zero attached hydrogens (tertiary/aromatic N) is 1. The number of ether oxygens (including phenoxy) is 1. The minimum Gasteiger partial charge on any atom is -0.491 e. The van der Waals surface area contributed by atoms with Gasteiger partial charge < -0.3 is 10.1 Å². The van der Waals surface area contributed by atoms with Gasteiger partial charge in [-0.25, -0.2) is 0 Å². The first-order valence-corrected chi connectivity index (χ1v) is 6.21. The van der Waals surface area contributed by atoms with Gasteiger partial charge in [-0.3, -0.25) is 4.98 Å². The van der Waals surface area contributed by atoms with Crippen molar-refractivity contribution in [1.29, 1.82) is 0 Å². The molecule has 16 heavy (non-hydrogen) atoms. The van der Waals surface area contributed by atoms with Gasteiger partial charge in [-0.15, -0.1) is 0 Å². The number of hydrogen-bond donors (Lipinski definition) is 1. The topological polar surface area (TPSA) is 34.1 Å². The van der Waals surface area contributed by atoms with E-state index in [1.54, 1.807) is 12.4 Å². The maximum Gasteiger partial charge on any atom is 0.137 e. The SMILES string of the molecule is c1cncc(OCCNC2CCCCC2)c1. The smallest absolute Gasteiger partial charge is 0.137 e. The molecule has 1 aliphatic rings. The monoisotopic (exact) mass is 220 g/mol. The summed E-state index contributed by atoms with van der Waals surface area (Å²) in [7, 11) is 0. The van der Waals surface area contributed by atoms with Crippen LogP contribution in [-0.2, 0) is 0 Å². The molecular formula is C13H20N2O. The molecule has 1 aromatic rings. The van der Waals surface area contributed by atoms with Crippen LogP contribution in [0.15, 0.2) is 24.5 Å². The number of hydrogen-bond acceptors (Lipinski definition) is 3. The van der Waals surface area contributed by atoms with E-state index in [1.165, 1.54) is 32.1 Å². The van der Waals surface area contributed by atoms with E-state index in [-0.39, 0.29) is 0 Å². The van der Waals surface area contributed by atoms with Crippen LogP contribution in [0.2, 0.25) is 0 Å². The first-order chi connectivity index (χ1) is 7.95. The Morgan fingerprint density at radius 2 is 2.19 bits per heavy atom. The molecule has 0 aromatic carbocycles. The zero-order valence-corrected chi connectivity index (χ0v) is 9.69. The van der Waals surface area contributed by atoms with Crippen molar-refractivity contribution >= 4 is 0 Å². The predicted octanol–water partition coefficient (Wildman–Crippen LogP) is 2.38. The third-order valence-electron chi connectivity index (χ3n) is 3.04. The summed E-state index contributed by atoms with van der Waals surface area (Å²) in [5.74, 6) is 0.855. The van der Waals surface area contributed by atoms with Gasteiger partial charge in [0.1, 0.15) is 12.4 Å². The van der Waals surface area contributed by atoms with Crippen LogP contribution < -0.4 is 10.1 Å². The van der Waals surface area contributed by atoms with Crippen LogP contribution in [0.3, 0.4) is 0 Å². The van der Waals surface area contributed by atoms with Crippen molar-refractivity contribution in [2.45, 2.75) is 38.1 Å². The van der Waals surface area contributed by atoms with Crippen molar-refractivity contribution in [3.05, 3.63) is 24.5 Å². The lowest BCUT2D eigenvalue weighted by molar-refractivity contribution is 0.288. The highest BCUT2D eigenvalue weighted by Crippen LogP contribution is 2.17. The van der Waals surface area contributed by atoms with E-state index < -0.39 is 0 Å². The second-order valence-corrected chi connectivity index (χ2v) is 4.33. The molecule has 1 heterocycles. The molecule has 0 spiro atoms. The van der Waals surface area contributed by atoms with Gasteiger partial charge in [0, 0.05) is 18.8 Å². The summed E-state index contributed by atoms with van der Waals surface area (Å²) in [5, 5.41) is 3.55. The molecule has 1 N–H and O–H groups in total. The molecule has 3 heteroatoms. The molecule has 0 atom stereocenters. The lowest BCUT2D eigenvalue weighted by Gasteiger charge is -2.22. The predicted molar refractivity (Wildman–Crippen MR) is 64.6 cm³/mol. The van der Waals surface area contributed by atoms with Crippen LogP contribution in [0.25, 0.3) is 0 Å². The zero-order valence-electron chi connectivity index (χ0n) is 9.69. The van der Waals surface area contributed by atoms with Gasteiger partial charge in [0.15, 0.2) is 0 Å². The molecule has 0 unspecified atom stereocenters. The molecule has 0 amide bonds. The van der Waals surface area contributed by atoms with Gasteiger partial charge in [0.25, 0.3) is 0 Å². The van der Waals surface area contributed by atoms with Gasteiger partial charge in [-0.05, 0) is 25.0 Å². The van der Waals surface area contributed by atoms with Gasteiger partial charge in [0.2, 0.25) is 0 Å². The first-order valence-electron chi connectivity index (χ1n) is 6.21. The molecule has 0 aliphatic heterocycles. The number of nitrogens with one attached hydrogen (secondary N) is 1. The fourth-order valence-electron chi connectivity index (χ4n) is 2.17. The summed E-state index contributed by atoms with van der Waals surface area (Å²) < 4.78 is 5.57. The molecule has 0 bridgehead atoms. The Bertz CT molecular complexity index is 283. The summed E-state index contributed by atoms with van der Waals surface area (Å²) >= 11 is 0. The molecule has 3 nitrogen and oxygen atoms in total. The third kappa shape index (κ3) is 3.81. The number of pyridine rings is 1. The second-order valence-electron chi connectivity index (χ2n) is 4.33. The first kappa shape index (κ1) is 11.4. The van der Waals surface area contributed by atoms with E-state index >= 15 is 0 Å². The van der Waals surface area contributed by atoms with Crippen LogP contribution in [0.4, 0.5) is 0 Å². The second kappa shape index (κ2) is 6.48. The minimum absolute atomic E-state index is 0.714. The molecule has 1 fully saturated rings. The summed E-state index contributed by atoms with van der Waals surface area (Å²) in [4.78, 5) is 4.01. The minimum atomic E-state index is 0.714. The fraction of sp³-hybridized carbons (Fsp3) is 0.615. The number of rotatable bonds is 5. The normalized spacial score (nSPS) is 17.2. The Morgan fingerprint density at radius 1 is 1.31 bits per heavy atom. The van der Waals surface area contributed by atoms with Crippen LogP contribution in [0.1, 0.15) is 32.1 Å². The van der Waals surface area contributed by atoms with E-state index in [9.17, 15) is 0 Å². The molecule has 1 aliphatic carbocycles. The van der Waals surface area contributed by atoms with E-state index in [2.05, 4.69) is 10.3 Å². The van der Waals surface area contributed by atoms with Crippen molar-refractivity contribution in [3.63, 3.8) is 0 Å². The van der Waals surface area contributed by atoms with E-state index in [0.29, 0.717) is 6.04 Å². The molecule has 88 valence electrons. The molecule has 1 aromatic heterocycles. The van der Waals surface area contributed by atoms with Crippen LogP contribution in [0, 0.1) is 0 Å². The maximum atomic E-state index is 5.57. The third-order valence-corrected chi connectivity index (χ3v) is 3.04. The van der Waals surface area contributed by atoms with Crippen LogP contribution in [0.5, 0.6) is 5.75 Å². The van der Waals surface area contributed by atoms with Crippen molar-refractivity contribution in [2.24, 2.45) is 0 Å². The highest BCUT2D eigenvalue weighted by atomic mass is 16.5. The van der Waals surface area contributed by atoms with E-state index in [4.69, 9.17) is 4.74 Å². The summed E-state index contributed by atoms with van der Waals surface area (Å²) in [5.41, 5.74) is 0. The maximum absolute atomic E-state index is 5.57. The van der Waals surface area contributed by atoms with Gasteiger partial charge in [-0.2, -0.15) is 0 Å². The molecule has 1 saturated carbocycles. The summed E-state index contributed by atoms with van der Waals surface area (Å²) in [6.07, 6.45) is 10.3. The Morgan fingerprint density at radius 3 is 2.94 bits per heavy atom. The zero-order chi connectivity index (χ0) is 11.1. The summed E-state index contributed by atoms with van der Waals surface area (Å²) in [6.45, 7) is 1.65. The number of aromatic nitrogens is 1. The van der Waals surface area contributed by atoms with Gasteiger partial charge in [-0.1, -0.05) is 19.3 Å². The Hall–Kier alpha value is -1.09. The molecule has 0 saturated heterocycles. The van der Waals surface area contributed by atoms with Crippen molar-refractivity contribution in [2.75, 3.05) is 13.2 Å². The lowest BCUT2D eigenvalue weighted by atomic mass is 9.96. The van der Waals surface area contributed by atoms with Crippen molar-refractivity contribution in [3.8, 4) is 5.75 Å². The van der Waals surface area contributed by atoms with Crippen LogP contribution >= 0.6 is 0 Å².